The van der Waals surface area contributed by atoms with E-state index in [1.807, 2.05) is 0 Å². The summed E-state index contributed by atoms with van der Waals surface area (Å²) in [6, 6.07) is 19.5. The van der Waals surface area contributed by atoms with E-state index in [1.54, 1.807) is 60.7 Å². The van der Waals surface area contributed by atoms with E-state index in [-0.39, 0.29) is 10.9 Å². The summed E-state index contributed by atoms with van der Waals surface area (Å²) < 4.78 is 51.2. The van der Waals surface area contributed by atoms with Gasteiger partial charge in [-0.05, 0) is 36.4 Å². The molecule has 0 unspecified atom stereocenters. The number of hydrogen-bond acceptors (Lipinski definition) is 11. The molecular formula is C36H30O11. The largest absolute Gasteiger partial charge is 0.496 e. The quantitative estimate of drug-likeness (QED) is 0.153. The molecule has 4 aromatic carbocycles. The highest BCUT2D eigenvalue weighted by atomic mass is 16.5. The first-order chi connectivity index (χ1) is 22.8. The Bertz CT molecular complexity index is 2250. The standard InChI is InChI=1S/C36H30O11/c1-39-21-13-31(43-5)35-23(37)17-27(46-33(35)15-21)19-8-10-26(29(11-19)42-4)45-30-12-20(7-9-25(30)41-3)28-18-24(38)36-32(44-6)14-22(40-2)16-34(36)47-28/h7-18H,1-6H3. The molecule has 0 saturated carbocycles. The Morgan fingerprint density at radius 3 is 1.32 bits per heavy atom. The molecule has 6 aromatic rings. The van der Waals surface area contributed by atoms with E-state index in [0.717, 1.165) is 0 Å². The lowest BCUT2D eigenvalue weighted by molar-refractivity contribution is 0.356. The van der Waals surface area contributed by atoms with Crippen LogP contribution in [-0.4, -0.2) is 42.7 Å². The van der Waals surface area contributed by atoms with Crippen molar-refractivity contribution in [3.05, 3.63) is 93.2 Å². The monoisotopic (exact) mass is 638 g/mol. The molecule has 47 heavy (non-hydrogen) atoms. The summed E-state index contributed by atoms with van der Waals surface area (Å²) >= 11 is 0. The smallest absolute Gasteiger partial charge is 0.197 e. The van der Waals surface area contributed by atoms with Gasteiger partial charge in [-0.2, -0.15) is 0 Å². The third-order valence-corrected chi connectivity index (χ3v) is 7.56. The SMILES string of the molecule is COc1cc(OC)c2c(=O)cc(-c3ccc(Oc4cc(-c5cc(=O)c6c(OC)cc(OC)cc6o5)ccc4OC)c(OC)c3)oc2c1. The summed E-state index contributed by atoms with van der Waals surface area (Å²) in [6.07, 6.45) is 0. The van der Waals surface area contributed by atoms with E-state index in [1.165, 1.54) is 54.8 Å². The first-order valence-electron chi connectivity index (χ1n) is 14.2. The molecule has 0 aliphatic carbocycles. The first kappa shape index (κ1) is 30.9. The zero-order chi connectivity index (χ0) is 33.2. The van der Waals surface area contributed by atoms with E-state index >= 15 is 0 Å². The number of hydrogen-bond donors (Lipinski definition) is 0. The van der Waals surface area contributed by atoms with Gasteiger partial charge in [-0.25, -0.2) is 0 Å². The zero-order valence-corrected chi connectivity index (χ0v) is 26.4. The lowest BCUT2D eigenvalue weighted by Gasteiger charge is -2.15. The van der Waals surface area contributed by atoms with Crippen LogP contribution in [-0.2, 0) is 0 Å². The second kappa shape index (κ2) is 12.7. The van der Waals surface area contributed by atoms with E-state index in [0.29, 0.717) is 90.6 Å². The molecule has 0 aliphatic heterocycles. The van der Waals surface area contributed by atoms with Gasteiger partial charge in [-0.15, -0.1) is 0 Å². The zero-order valence-electron chi connectivity index (χ0n) is 26.4. The van der Waals surface area contributed by atoms with E-state index < -0.39 is 0 Å². The fourth-order valence-electron chi connectivity index (χ4n) is 5.23. The molecule has 240 valence electrons. The first-order valence-corrected chi connectivity index (χ1v) is 14.2. The van der Waals surface area contributed by atoms with Gasteiger partial charge in [0, 0.05) is 47.5 Å². The predicted molar refractivity (Wildman–Crippen MR) is 175 cm³/mol. The van der Waals surface area contributed by atoms with Crippen LogP contribution in [0, 0.1) is 0 Å². The molecule has 0 amide bonds. The predicted octanol–water partition coefficient (Wildman–Crippen LogP) is 7.08. The second-order valence-corrected chi connectivity index (χ2v) is 10.2. The Hall–Kier alpha value is -6.10. The van der Waals surface area contributed by atoms with Gasteiger partial charge in [0.05, 0.1) is 42.7 Å². The number of ether oxygens (including phenoxy) is 7. The van der Waals surface area contributed by atoms with Crippen molar-refractivity contribution in [1.82, 2.24) is 0 Å². The van der Waals surface area contributed by atoms with Crippen molar-refractivity contribution < 1.29 is 42.0 Å². The Kier molecular flexibility index (Phi) is 8.36. The summed E-state index contributed by atoms with van der Waals surface area (Å²) in [4.78, 5) is 26.2. The Labute approximate surface area is 268 Å². The normalized spacial score (nSPS) is 10.9. The highest BCUT2D eigenvalue weighted by Gasteiger charge is 2.19. The Morgan fingerprint density at radius 2 is 0.872 bits per heavy atom. The average Bonchev–Trinajstić information content (AvgIpc) is 3.10. The van der Waals surface area contributed by atoms with Crippen molar-refractivity contribution in [3.8, 4) is 68.6 Å². The molecule has 0 aliphatic rings. The molecule has 11 nitrogen and oxygen atoms in total. The van der Waals surface area contributed by atoms with Crippen molar-refractivity contribution in [2.45, 2.75) is 0 Å². The van der Waals surface area contributed by atoms with Gasteiger partial charge in [0.2, 0.25) is 0 Å². The van der Waals surface area contributed by atoms with Crippen molar-refractivity contribution in [2.24, 2.45) is 0 Å². The van der Waals surface area contributed by atoms with Gasteiger partial charge in [0.1, 0.15) is 56.5 Å². The highest BCUT2D eigenvalue weighted by molar-refractivity contribution is 5.87. The molecule has 0 spiro atoms. The molecule has 0 radical (unpaired) electrons. The van der Waals surface area contributed by atoms with Gasteiger partial charge in [-0.1, -0.05) is 0 Å². The summed E-state index contributed by atoms with van der Waals surface area (Å²) in [5, 5.41) is 0.601. The second-order valence-electron chi connectivity index (χ2n) is 10.2. The van der Waals surface area contributed by atoms with Crippen LogP contribution in [0.3, 0.4) is 0 Å². The van der Waals surface area contributed by atoms with E-state index in [4.69, 9.17) is 42.0 Å². The summed E-state index contributed by atoms with van der Waals surface area (Å²) in [5.41, 5.74) is 1.17. The van der Waals surface area contributed by atoms with Crippen LogP contribution in [0.2, 0.25) is 0 Å². The minimum absolute atomic E-state index is 0.279. The lowest BCUT2D eigenvalue weighted by Crippen LogP contribution is -2.03. The molecule has 2 aromatic heterocycles. The van der Waals surface area contributed by atoms with Crippen LogP contribution in [0.15, 0.2) is 91.2 Å². The highest BCUT2D eigenvalue weighted by Crippen LogP contribution is 2.41. The lowest BCUT2D eigenvalue weighted by atomic mass is 10.1. The Balaban J connectivity index is 1.38. The molecule has 11 heteroatoms. The van der Waals surface area contributed by atoms with Crippen molar-refractivity contribution in [3.63, 3.8) is 0 Å². The van der Waals surface area contributed by atoms with Crippen LogP contribution < -0.4 is 44.0 Å². The molecule has 0 bridgehead atoms. The molecule has 6 rings (SSSR count). The van der Waals surface area contributed by atoms with Crippen molar-refractivity contribution in [1.29, 1.82) is 0 Å². The summed E-state index contributed by atoms with van der Waals surface area (Å²) in [5.74, 6) is 3.73. The van der Waals surface area contributed by atoms with Crippen LogP contribution in [0.5, 0.6) is 46.0 Å². The van der Waals surface area contributed by atoms with Gasteiger partial charge in [0.15, 0.2) is 33.9 Å². The number of rotatable bonds is 10. The number of fused-ring (bicyclic) bond motifs is 2. The molecule has 0 saturated heterocycles. The third kappa shape index (κ3) is 5.74. The van der Waals surface area contributed by atoms with Crippen LogP contribution in [0.25, 0.3) is 44.6 Å². The topological polar surface area (TPSA) is 125 Å². The minimum atomic E-state index is -0.284. The van der Waals surface area contributed by atoms with Crippen LogP contribution in [0.1, 0.15) is 0 Å². The summed E-state index contributed by atoms with van der Waals surface area (Å²) in [6.45, 7) is 0. The molecule has 0 atom stereocenters. The maximum atomic E-state index is 13.1. The van der Waals surface area contributed by atoms with Gasteiger partial charge >= 0.3 is 0 Å². The van der Waals surface area contributed by atoms with E-state index in [2.05, 4.69) is 0 Å². The van der Waals surface area contributed by atoms with Crippen molar-refractivity contribution in [2.75, 3.05) is 42.7 Å². The van der Waals surface area contributed by atoms with Crippen LogP contribution in [0.4, 0.5) is 0 Å². The van der Waals surface area contributed by atoms with Crippen molar-refractivity contribution >= 4 is 21.9 Å². The molecule has 0 N–H and O–H groups in total. The third-order valence-electron chi connectivity index (χ3n) is 7.56. The summed E-state index contributed by atoms with van der Waals surface area (Å²) in [7, 11) is 9.00. The molecule has 2 heterocycles. The fraction of sp³-hybridized carbons (Fsp3) is 0.167. The van der Waals surface area contributed by atoms with E-state index in [9.17, 15) is 9.59 Å². The number of benzene rings is 4. The fourth-order valence-corrected chi connectivity index (χ4v) is 5.23. The van der Waals surface area contributed by atoms with Crippen LogP contribution >= 0.6 is 0 Å². The van der Waals surface area contributed by atoms with Gasteiger partial charge in [-0.3, -0.25) is 9.59 Å². The molecule has 0 fully saturated rings. The average molecular weight is 639 g/mol. The van der Waals surface area contributed by atoms with Gasteiger partial charge in [0.25, 0.3) is 0 Å². The minimum Gasteiger partial charge on any atom is -0.496 e. The Morgan fingerprint density at radius 1 is 0.426 bits per heavy atom. The number of methoxy groups -OCH3 is 6. The maximum absolute atomic E-state index is 13.1. The maximum Gasteiger partial charge on any atom is 0.197 e. The van der Waals surface area contributed by atoms with Gasteiger partial charge < -0.3 is 42.0 Å². The molecular weight excluding hydrogens is 608 g/mol.